The second kappa shape index (κ2) is 11.7. The number of ether oxygens (including phenoxy) is 2. The first-order chi connectivity index (χ1) is 21.3. The summed E-state index contributed by atoms with van der Waals surface area (Å²) < 4.78 is 54.9. The Kier molecular flexibility index (Phi) is 8.29. The third-order valence-corrected chi connectivity index (χ3v) is 12.3. The number of rotatable bonds is 2. The zero-order valence-electron chi connectivity index (χ0n) is 22.8. The summed E-state index contributed by atoms with van der Waals surface area (Å²) in [5.74, 6) is -0.314. The highest BCUT2D eigenvalue weighted by Crippen LogP contribution is 2.59. The third kappa shape index (κ3) is 5.73. The number of hydrogen-bond acceptors (Lipinski definition) is 17. The molecule has 3 aliphatic rings. The number of alkyl halides is 1. The molecule has 2 unspecified atom stereocenters. The molecular weight excluding hydrogens is 715 g/mol. The quantitative estimate of drug-likeness (QED) is 0.170. The first-order valence-corrected chi connectivity index (χ1v) is 20.3. The van der Waals surface area contributed by atoms with Gasteiger partial charge < -0.3 is 43.9 Å². The van der Waals surface area contributed by atoms with Crippen LogP contribution in [0.1, 0.15) is 19.4 Å². The Balaban J connectivity index is 1.22. The molecule has 0 saturated carbocycles. The molecule has 0 radical (unpaired) electrons. The molecule has 10 atom stereocenters. The van der Waals surface area contributed by atoms with Crippen LogP contribution in [0.25, 0.3) is 21.5 Å². The molecule has 17 nitrogen and oxygen atoms in total. The van der Waals surface area contributed by atoms with Crippen molar-refractivity contribution in [2.24, 2.45) is 5.92 Å². The van der Waals surface area contributed by atoms with Gasteiger partial charge in [0.1, 0.15) is 47.0 Å². The van der Waals surface area contributed by atoms with Crippen LogP contribution in [0.2, 0.25) is 0 Å². The van der Waals surface area contributed by atoms with Crippen molar-refractivity contribution in [1.82, 2.24) is 34.1 Å². The fourth-order valence-corrected chi connectivity index (χ4v) is 9.74. The molecule has 3 fully saturated rings. The maximum absolute atomic E-state index is 16.1. The molecule has 242 valence electrons. The van der Waals surface area contributed by atoms with Crippen LogP contribution in [0.5, 0.6) is 0 Å². The predicted octanol–water partition coefficient (Wildman–Crippen LogP) is 1.81. The number of nitrogens with two attached hydrogens (primary N) is 2. The fourth-order valence-electron chi connectivity index (χ4n) is 5.43. The summed E-state index contributed by atoms with van der Waals surface area (Å²) >= 11 is 16.2. The van der Waals surface area contributed by atoms with Crippen LogP contribution in [-0.2, 0) is 51.2 Å². The van der Waals surface area contributed by atoms with Gasteiger partial charge in [-0.3, -0.25) is 13.9 Å². The van der Waals surface area contributed by atoms with Crippen LogP contribution in [0, 0.1) is 5.92 Å². The molecular formula is C21H24FN9O8P2S4. The number of thiol groups is 1. The standard InChI is InChI=1S/C21H24FN9O8P2S4/c1-7-8-2-35-41(43,44)39-13-9(37-19(10(13)22)30-6-29-11-15(23)25-4-27-17(11)30)3-34-40(33,42)38-12(7)20(36-8)31-18-14(45-21(31)32)16(24)26-5-28-18/h4-10,12-13,19-20H,2-3H2,1H3,(H,33,42)(H,43,44)(H2,23,25,27)(H2,24,26,28)/t7-,8-,9-,10-,12-,13-,19-,20-,40?/m1/s1. The maximum atomic E-state index is 16.1. The van der Waals surface area contributed by atoms with Gasteiger partial charge in [-0.15, -0.1) is 0 Å². The number of nitrogen functional groups attached to an aromatic ring is 2. The molecule has 24 heteroatoms. The summed E-state index contributed by atoms with van der Waals surface area (Å²) in [6.07, 6.45) is -4.86. The molecule has 2 bridgehead atoms. The first kappa shape index (κ1) is 31.8. The molecule has 3 aliphatic heterocycles. The van der Waals surface area contributed by atoms with Gasteiger partial charge >= 0.3 is 11.6 Å². The molecule has 7 heterocycles. The van der Waals surface area contributed by atoms with Gasteiger partial charge in [0.25, 0.3) is 0 Å². The van der Waals surface area contributed by atoms with E-state index in [1.165, 1.54) is 28.1 Å². The van der Waals surface area contributed by atoms with Gasteiger partial charge in [-0.05, 0) is 23.6 Å². The normalized spacial score (nSPS) is 37.7. The monoisotopic (exact) mass is 739 g/mol. The van der Waals surface area contributed by atoms with Gasteiger partial charge in [0, 0.05) is 5.92 Å². The Labute approximate surface area is 271 Å². The summed E-state index contributed by atoms with van der Waals surface area (Å²) in [5.41, 5.74) is 9.08. The summed E-state index contributed by atoms with van der Waals surface area (Å²) in [4.78, 5) is 44.3. The van der Waals surface area contributed by atoms with Gasteiger partial charge in [-0.25, -0.2) is 29.3 Å². The van der Waals surface area contributed by atoms with Gasteiger partial charge in [0.2, 0.25) is 5.69 Å². The lowest BCUT2D eigenvalue weighted by molar-refractivity contribution is -0.0572. The highest BCUT2D eigenvalue weighted by molar-refractivity contribution is 8.60. The molecule has 4 aromatic rings. The van der Waals surface area contributed by atoms with Gasteiger partial charge in [0.15, 0.2) is 35.7 Å². The van der Waals surface area contributed by atoms with Crippen LogP contribution >= 0.6 is 36.0 Å². The second-order valence-electron chi connectivity index (χ2n) is 10.3. The summed E-state index contributed by atoms with van der Waals surface area (Å²) in [5, 5.41) is 0. The lowest BCUT2D eigenvalue weighted by Crippen LogP contribution is -2.34. The molecule has 4 aromatic heterocycles. The molecule has 0 aliphatic carbocycles. The van der Waals surface area contributed by atoms with Crippen LogP contribution in [0.3, 0.4) is 0 Å². The van der Waals surface area contributed by atoms with E-state index in [0.29, 0.717) is 4.70 Å². The summed E-state index contributed by atoms with van der Waals surface area (Å²) in [7, 11) is 0. The number of imidazole rings is 1. The van der Waals surface area contributed by atoms with E-state index in [9.17, 15) is 9.69 Å². The zero-order chi connectivity index (χ0) is 31.8. The minimum Gasteiger partial charge on any atom is -0.382 e. The van der Waals surface area contributed by atoms with Crippen molar-refractivity contribution in [3.05, 3.63) is 28.6 Å². The van der Waals surface area contributed by atoms with Crippen molar-refractivity contribution in [2.75, 3.05) is 24.7 Å². The summed E-state index contributed by atoms with van der Waals surface area (Å²) in [6, 6.07) is 0. The number of fused-ring (bicyclic) bond motifs is 5. The number of halogens is 1. The highest BCUT2D eigenvalue weighted by Gasteiger charge is 2.52. The van der Waals surface area contributed by atoms with E-state index in [4.69, 9.17) is 62.6 Å². The Morgan fingerprint density at radius 1 is 1.00 bits per heavy atom. The van der Waals surface area contributed by atoms with Crippen molar-refractivity contribution in [3.63, 3.8) is 0 Å². The van der Waals surface area contributed by atoms with E-state index in [-0.39, 0.29) is 35.1 Å². The molecule has 5 N–H and O–H groups in total. The van der Waals surface area contributed by atoms with Crippen LogP contribution in [0.4, 0.5) is 16.0 Å². The van der Waals surface area contributed by atoms with Crippen molar-refractivity contribution in [1.29, 1.82) is 0 Å². The van der Waals surface area contributed by atoms with Crippen molar-refractivity contribution in [3.8, 4) is 0 Å². The lowest BCUT2D eigenvalue weighted by Gasteiger charge is -2.28. The molecule has 3 saturated heterocycles. The van der Waals surface area contributed by atoms with E-state index in [1.807, 2.05) is 0 Å². The van der Waals surface area contributed by atoms with Crippen molar-refractivity contribution >= 4 is 92.8 Å². The van der Waals surface area contributed by atoms with Gasteiger partial charge in [-0.1, -0.05) is 30.5 Å². The maximum Gasteiger partial charge on any atom is 0.325 e. The van der Waals surface area contributed by atoms with E-state index in [0.717, 1.165) is 11.3 Å². The average molecular weight is 740 g/mol. The van der Waals surface area contributed by atoms with E-state index < -0.39 is 72.9 Å². The Morgan fingerprint density at radius 2 is 1.69 bits per heavy atom. The van der Waals surface area contributed by atoms with E-state index in [1.54, 1.807) is 6.92 Å². The minimum atomic E-state index is -4.09. The van der Waals surface area contributed by atoms with Gasteiger partial charge in [-0.2, -0.15) is 0 Å². The summed E-state index contributed by atoms with van der Waals surface area (Å²) in [6.45, 7) is -2.99. The number of nitrogens with zero attached hydrogens (tertiary/aromatic N) is 7. The first-order valence-electron chi connectivity index (χ1n) is 13.1. The Morgan fingerprint density at radius 3 is 2.47 bits per heavy atom. The Hall–Kier alpha value is -1.78. The Bertz CT molecular complexity index is 1950. The largest absolute Gasteiger partial charge is 0.382 e. The number of anilines is 2. The molecule has 0 spiro atoms. The van der Waals surface area contributed by atoms with Crippen LogP contribution < -0.4 is 16.3 Å². The molecule has 7 rings (SSSR count). The molecule has 0 aromatic carbocycles. The van der Waals surface area contributed by atoms with Crippen molar-refractivity contribution < 1.29 is 36.9 Å². The van der Waals surface area contributed by atoms with Crippen LogP contribution in [-0.4, -0.2) is 82.7 Å². The smallest absolute Gasteiger partial charge is 0.325 e. The third-order valence-electron chi connectivity index (χ3n) is 7.62. The van der Waals surface area contributed by atoms with Crippen LogP contribution in [0.15, 0.2) is 23.8 Å². The lowest BCUT2D eigenvalue weighted by atomic mass is 10.0. The minimum absolute atomic E-state index is 0.102. The molecule has 0 amide bonds. The molecule has 45 heavy (non-hydrogen) atoms. The highest BCUT2D eigenvalue weighted by atomic mass is 32.9. The van der Waals surface area contributed by atoms with Gasteiger partial charge in [0.05, 0.1) is 25.6 Å². The SMILES string of the molecule is C[C@H]1[C@H]2OP(O)(=S)OC[C@H]3O[C@@H](n4cnc5c(N)ncnc54)[C@H](F)[C@@H]3OP(=S)(S)OC[C@H]1O[C@H]2n1c(=O)sc2c(N)ncnc21. The zero-order valence-corrected chi connectivity index (χ0v) is 27.9. The second-order valence-corrected chi connectivity index (χ2v) is 19.3. The fraction of sp³-hybridized carbons (Fsp3) is 0.524. The topological polar surface area (TPSA) is 219 Å². The number of aromatic nitrogens is 7. The number of thiazole rings is 1. The average Bonchev–Trinajstić information content (AvgIpc) is 3.71. The predicted molar refractivity (Wildman–Crippen MR) is 169 cm³/mol. The number of hydrogen-bond donors (Lipinski definition) is 4. The van der Waals surface area contributed by atoms with E-state index >= 15 is 4.39 Å². The van der Waals surface area contributed by atoms with E-state index in [2.05, 4.69) is 37.2 Å². The van der Waals surface area contributed by atoms with Crippen molar-refractivity contribution in [2.45, 2.75) is 50.0 Å².